The Bertz CT molecular complexity index is 1050. The van der Waals surface area contributed by atoms with Crippen molar-refractivity contribution in [1.29, 1.82) is 0 Å². The predicted molar refractivity (Wildman–Crippen MR) is 106 cm³/mol. The largest absolute Gasteiger partial charge is 0.508 e. The Kier molecular flexibility index (Phi) is 3.99. The Morgan fingerprint density at radius 3 is 2.76 bits per heavy atom. The maximum absolute atomic E-state index is 12.7. The number of benzene rings is 2. The molecule has 6 heteroatoms. The van der Waals surface area contributed by atoms with Gasteiger partial charge < -0.3 is 5.11 Å². The molecule has 0 saturated carbocycles. The van der Waals surface area contributed by atoms with Gasteiger partial charge in [0.15, 0.2) is 4.32 Å². The lowest BCUT2D eigenvalue weighted by molar-refractivity contribution is -0.113. The van der Waals surface area contributed by atoms with E-state index in [-0.39, 0.29) is 11.7 Å². The SMILES string of the molecule is O=C1C(=Cc2ccc3ccccc3n2)SC(=S)N1c1cccc(O)c1. The van der Waals surface area contributed by atoms with Crippen LogP contribution in [0.5, 0.6) is 5.75 Å². The van der Waals surface area contributed by atoms with Gasteiger partial charge in [0.25, 0.3) is 5.91 Å². The van der Waals surface area contributed by atoms with Crippen molar-refractivity contribution >= 4 is 56.9 Å². The van der Waals surface area contributed by atoms with Crippen LogP contribution in [0.2, 0.25) is 0 Å². The highest BCUT2D eigenvalue weighted by Gasteiger charge is 2.33. The average molecular weight is 364 g/mol. The summed E-state index contributed by atoms with van der Waals surface area (Å²) in [6.07, 6.45) is 1.74. The number of rotatable bonds is 2. The van der Waals surface area contributed by atoms with Crippen LogP contribution in [-0.4, -0.2) is 20.3 Å². The van der Waals surface area contributed by atoms with E-state index in [2.05, 4.69) is 4.98 Å². The lowest BCUT2D eigenvalue weighted by Gasteiger charge is -2.14. The van der Waals surface area contributed by atoms with Crippen molar-refractivity contribution in [2.45, 2.75) is 0 Å². The van der Waals surface area contributed by atoms with E-state index < -0.39 is 0 Å². The number of amides is 1. The number of carbonyl (C=O) groups excluding carboxylic acids is 1. The molecule has 25 heavy (non-hydrogen) atoms. The van der Waals surface area contributed by atoms with Gasteiger partial charge in [-0.3, -0.25) is 9.69 Å². The van der Waals surface area contributed by atoms with Crippen molar-refractivity contribution in [2.75, 3.05) is 4.90 Å². The van der Waals surface area contributed by atoms with Crippen LogP contribution in [0.4, 0.5) is 5.69 Å². The molecule has 1 N–H and O–H groups in total. The minimum atomic E-state index is -0.212. The Morgan fingerprint density at radius 1 is 1.08 bits per heavy atom. The van der Waals surface area contributed by atoms with Crippen LogP contribution in [0.3, 0.4) is 0 Å². The van der Waals surface area contributed by atoms with Crippen molar-refractivity contribution < 1.29 is 9.90 Å². The van der Waals surface area contributed by atoms with Gasteiger partial charge in [0.1, 0.15) is 5.75 Å². The summed E-state index contributed by atoms with van der Waals surface area (Å²) in [5.74, 6) is -0.123. The molecule has 1 fully saturated rings. The third kappa shape index (κ3) is 3.01. The van der Waals surface area contributed by atoms with Crippen molar-refractivity contribution in [3.8, 4) is 5.75 Å². The maximum Gasteiger partial charge on any atom is 0.270 e. The molecular formula is C19H12N2O2S2. The molecule has 0 radical (unpaired) electrons. The normalized spacial score (nSPS) is 16.2. The van der Waals surface area contributed by atoms with E-state index in [0.29, 0.717) is 20.6 Å². The molecule has 1 saturated heterocycles. The number of thiocarbonyl (C=S) groups is 1. The first-order chi connectivity index (χ1) is 12.1. The second kappa shape index (κ2) is 6.31. The number of phenols is 1. The van der Waals surface area contributed by atoms with Crippen molar-refractivity contribution in [3.63, 3.8) is 0 Å². The number of fused-ring (bicyclic) bond motifs is 1. The summed E-state index contributed by atoms with van der Waals surface area (Å²) in [5, 5.41) is 10.7. The topological polar surface area (TPSA) is 53.4 Å². The van der Waals surface area contributed by atoms with Gasteiger partial charge in [-0.05, 0) is 30.3 Å². The molecule has 0 atom stereocenters. The summed E-state index contributed by atoms with van der Waals surface area (Å²) in [7, 11) is 0. The molecule has 4 nitrogen and oxygen atoms in total. The van der Waals surface area contributed by atoms with Gasteiger partial charge in [0.05, 0.1) is 21.8 Å². The van der Waals surface area contributed by atoms with Gasteiger partial charge in [-0.1, -0.05) is 54.3 Å². The van der Waals surface area contributed by atoms with Crippen LogP contribution in [0.15, 0.2) is 65.6 Å². The summed E-state index contributed by atoms with van der Waals surface area (Å²) >= 11 is 6.57. The van der Waals surface area contributed by atoms with E-state index in [9.17, 15) is 9.90 Å². The van der Waals surface area contributed by atoms with E-state index in [1.54, 1.807) is 24.3 Å². The highest BCUT2D eigenvalue weighted by atomic mass is 32.2. The number of pyridine rings is 1. The van der Waals surface area contributed by atoms with Crippen LogP contribution in [-0.2, 0) is 4.79 Å². The Morgan fingerprint density at radius 2 is 1.92 bits per heavy atom. The van der Waals surface area contributed by atoms with Crippen molar-refractivity contribution in [2.24, 2.45) is 0 Å². The number of hydrogen-bond donors (Lipinski definition) is 1. The first-order valence-electron chi connectivity index (χ1n) is 7.54. The number of phenolic OH excluding ortho intramolecular Hbond substituents is 1. The Hall–Kier alpha value is -2.70. The molecule has 2 aromatic carbocycles. The van der Waals surface area contributed by atoms with E-state index in [4.69, 9.17) is 12.2 Å². The summed E-state index contributed by atoms with van der Waals surface area (Å²) in [4.78, 5) is 19.2. The zero-order valence-corrected chi connectivity index (χ0v) is 14.6. The van der Waals surface area contributed by atoms with Crippen LogP contribution in [0, 0.1) is 0 Å². The summed E-state index contributed by atoms with van der Waals surface area (Å²) in [6, 6.07) is 18.2. The standard InChI is InChI=1S/C19H12N2O2S2/c22-15-6-3-5-14(11-15)21-18(23)17(25-19(21)24)10-13-9-8-12-4-1-2-7-16(12)20-13/h1-11,22H. The van der Waals surface area contributed by atoms with E-state index >= 15 is 0 Å². The fourth-order valence-electron chi connectivity index (χ4n) is 2.62. The van der Waals surface area contributed by atoms with Crippen LogP contribution in [0.25, 0.3) is 17.0 Å². The van der Waals surface area contributed by atoms with Gasteiger partial charge in [0, 0.05) is 11.5 Å². The van der Waals surface area contributed by atoms with E-state index in [1.165, 1.54) is 22.7 Å². The number of aromatic hydroxyl groups is 1. The van der Waals surface area contributed by atoms with E-state index in [1.807, 2.05) is 36.4 Å². The molecule has 1 aliphatic rings. The number of nitrogens with zero attached hydrogens (tertiary/aromatic N) is 2. The number of para-hydroxylation sites is 1. The number of anilines is 1. The van der Waals surface area contributed by atoms with Crippen LogP contribution >= 0.6 is 24.0 Å². The van der Waals surface area contributed by atoms with Crippen molar-refractivity contribution in [3.05, 3.63) is 71.3 Å². The minimum absolute atomic E-state index is 0.0896. The second-order valence-electron chi connectivity index (χ2n) is 5.47. The minimum Gasteiger partial charge on any atom is -0.508 e. The van der Waals surface area contributed by atoms with Gasteiger partial charge in [0.2, 0.25) is 0 Å². The zero-order chi connectivity index (χ0) is 17.4. The number of thioether (sulfide) groups is 1. The van der Waals surface area contributed by atoms with Crippen LogP contribution < -0.4 is 4.90 Å². The molecule has 1 aliphatic heterocycles. The summed E-state index contributed by atoms with van der Waals surface area (Å²) < 4.78 is 0.433. The zero-order valence-electron chi connectivity index (χ0n) is 12.9. The van der Waals surface area contributed by atoms with Gasteiger partial charge >= 0.3 is 0 Å². The number of carbonyl (C=O) groups is 1. The Balaban J connectivity index is 1.69. The first-order valence-corrected chi connectivity index (χ1v) is 8.77. The fourth-order valence-corrected chi connectivity index (χ4v) is 3.90. The molecule has 1 aromatic heterocycles. The quantitative estimate of drug-likeness (QED) is 0.541. The van der Waals surface area contributed by atoms with E-state index in [0.717, 1.165) is 10.9 Å². The van der Waals surface area contributed by atoms with Gasteiger partial charge in [-0.2, -0.15) is 0 Å². The smallest absolute Gasteiger partial charge is 0.270 e. The van der Waals surface area contributed by atoms with Crippen molar-refractivity contribution in [1.82, 2.24) is 4.98 Å². The summed E-state index contributed by atoms with van der Waals surface area (Å²) in [6.45, 7) is 0. The predicted octanol–water partition coefficient (Wildman–Crippen LogP) is 4.35. The molecular weight excluding hydrogens is 352 g/mol. The molecule has 0 aliphatic carbocycles. The lowest BCUT2D eigenvalue weighted by atomic mass is 10.2. The molecule has 2 heterocycles. The van der Waals surface area contributed by atoms with Gasteiger partial charge in [-0.25, -0.2) is 4.98 Å². The Labute approximate surface area is 153 Å². The fraction of sp³-hybridized carbons (Fsp3) is 0. The number of hydrogen-bond acceptors (Lipinski definition) is 5. The molecule has 4 rings (SSSR count). The summed E-state index contributed by atoms with van der Waals surface area (Å²) in [5.41, 5.74) is 2.13. The van der Waals surface area contributed by atoms with Gasteiger partial charge in [-0.15, -0.1) is 0 Å². The molecule has 3 aromatic rings. The third-order valence-corrected chi connectivity index (χ3v) is 5.08. The molecule has 0 spiro atoms. The first kappa shape index (κ1) is 15.8. The molecule has 122 valence electrons. The molecule has 1 amide bonds. The van der Waals surface area contributed by atoms with Crippen LogP contribution in [0.1, 0.15) is 5.69 Å². The highest BCUT2D eigenvalue weighted by molar-refractivity contribution is 8.27. The second-order valence-corrected chi connectivity index (χ2v) is 7.14. The monoisotopic (exact) mass is 364 g/mol. The highest BCUT2D eigenvalue weighted by Crippen LogP contribution is 2.36. The third-order valence-electron chi connectivity index (χ3n) is 3.78. The maximum atomic E-state index is 12.7. The number of aromatic nitrogens is 1. The average Bonchev–Trinajstić information content (AvgIpc) is 2.88. The lowest BCUT2D eigenvalue weighted by Crippen LogP contribution is -2.27. The molecule has 0 bridgehead atoms. The molecule has 0 unspecified atom stereocenters.